The van der Waals surface area contributed by atoms with E-state index < -0.39 is 0 Å². The number of amidine groups is 1. The fourth-order valence-corrected chi connectivity index (χ4v) is 4.40. The second-order valence-corrected chi connectivity index (χ2v) is 8.75. The molecule has 0 spiro atoms. The number of aromatic amines is 1. The summed E-state index contributed by atoms with van der Waals surface area (Å²) < 4.78 is 0. The molecule has 1 aliphatic rings. The summed E-state index contributed by atoms with van der Waals surface area (Å²) in [5, 5.41) is 1.09. The zero-order valence-electron chi connectivity index (χ0n) is 21.2. The van der Waals surface area contributed by atoms with Crippen molar-refractivity contribution in [2.24, 2.45) is 21.6 Å². The van der Waals surface area contributed by atoms with Gasteiger partial charge in [-0.3, -0.25) is 9.98 Å². The second-order valence-electron chi connectivity index (χ2n) is 8.75. The lowest BCUT2D eigenvalue weighted by Gasteiger charge is -2.30. The van der Waals surface area contributed by atoms with Crippen molar-refractivity contribution in [3.8, 4) is 0 Å². The fraction of sp³-hybridized carbons (Fsp3) is 0.345. The van der Waals surface area contributed by atoms with Gasteiger partial charge in [0.05, 0.1) is 11.2 Å². The minimum absolute atomic E-state index is 0.470. The molecule has 3 N–H and O–H groups in total. The number of nitrogens with two attached hydrogens (primary N) is 1. The minimum atomic E-state index is 0.470. The van der Waals surface area contributed by atoms with Gasteiger partial charge in [-0.05, 0) is 55.7 Å². The van der Waals surface area contributed by atoms with Gasteiger partial charge >= 0.3 is 0 Å². The van der Waals surface area contributed by atoms with E-state index in [1.54, 1.807) is 12.4 Å². The van der Waals surface area contributed by atoms with Crippen LogP contribution in [-0.2, 0) is 6.42 Å². The standard InChI is InChI=1S/C23H29N5.C6H9N/c1-4-7-17(8-5-2)16-28-14-13-27-23(24)22(28)21(25-3)19-11-10-18-9-6-12-26-20(18)15-19;1-2-6-3-4-7-5-6/h6,9-15,17H,3-5,7-8,16H2,1-2H3,(H2,24,27);3-5,7H,2H2,1H3/b22-21-;. The van der Waals surface area contributed by atoms with Crippen molar-refractivity contribution in [1.29, 1.82) is 0 Å². The van der Waals surface area contributed by atoms with Crippen LogP contribution >= 0.6 is 0 Å². The molecule has 1 aliphatic heterocycles. The van der Waals surface area contributed by atoms with E-state index in [0.717, 1.165) is 40.8 Å². The quantitative estimate of drug-likeness (QED) is 0.348. The molecule has 0 amide bonds. The van der Waals surface area contributed by atoms with E-state index in [4.69, 9.17) is 5.73 Å². The van der Waals surface area contributed by atoms with Crippen LogP contribution in [0.25, 0.3) is 16.6 Å². The molecule has 2 aromatic heterocycles. The summed E-state index contributed by atoms with van der Waals surface area (Å²) in [6.07, 6.45) is 15.4. The summed E-state index contributed by atoms with van der Waals surface area (Å²) in [4.78, 5) is 18.3. The molecular formula is C29H38N6. The number of pyridine rings is 1. The number of fused-ring (bicyclic) bond motifs is 1. The van der Waals surface area contributed by atoms with Gasteiger partial charge in [0.15, 0.2) is 0 Å². The van der Waals surface area contributed by atoms with Crippen molar-refractivity contribution in [2.45, 2.75) is 52.9 Å². The Morgan fingerprint density at radius 1 is 1.14 bits per heavy atom. The molecule has 3 heterocycles. The van der Waals surface area contributed by atoms with Gasteiger partial charge in [-0.1, -0.05) is 51.8 Å². The van der Waals surface area contributed by atoms with E-state index >= 15 is 0 Å². The first-order valence-electron chi connectivity index (χ1n) is 12.6. The van der Waals surface area contributed by atoms with E-state index in [2.05, 4.69) is 64.5 Å². The molecule has 0 radical (unpaired) electrons. The van der Waals surface area contributed by atoms with Gasteiger partial charge in [0.2, 0.25) is 0 Å². The molecule has 0 saturated carbocycles. The normalized spacial score (nSPS) is 14.5. The molecule has 6 nitrogen and oxygen atoms in total. The SMILES string of the molecule is C=N/C(=C1/C(N)=NC=CN1CC(CCC)CCC)c1ccc2cccnc2c1.CCc1cc[nH]c1. The van der Waals surface area contributed by atoms with Gasteiger partial charge in [0.25, 0.3) is 0 Å². The zero-order valence-corrected chi connectivity index (χ0v) is 21.2. The third kappa shape index (κ3) is 6.92. The average Bonchev–Trinajstić information content (AvgIpc) is 3.41. The topological polar surface area (TPSA) is 82.7 Å². The van der Waals surface area contributed by atoms with Crippen molar-refractivity contribution >= 4 is 29.2 Å². The van der Waals surface area contributed by atoms with Crippen LogP contribution in [0.1, 0.15) is 57.6 Å². The van der Waals surface area contributed by atoms with Crippen molar-refractivity contribution < 1.29 is 0 Å². The Hall–Kier alpha value is -3.67. The maximum absolute atomic E-state index is 6.32. The maximum Gasteiger partial charge on any atom is 0.149 e. The summed E-state index contributed by atoms with van der Waals surface area (Å²) in [5.74, 6) is 1.07. The monoisotopic (exact) mass is 470 g/mol. The minimum Gasteiger partial charge on any atom is -0.382 e. The maximum atomic E-state index is 6.32. The Labute approximate surface area is 209 Å². The summed E-state index contributed by atoms with van der Waals surface area (Å²) in [6.45, 7) is 11.3. The predicted octanol–water partition coefficient (Wildman–Crippen LogP) is 6.54. The smallest absolute Gasteiger partial charge is 0.149 e. The molecular weight excluding hydrogens is 432 g/mol. The third-order valence-electron chi connectivity index (χ3n) is 6.17. The summed E-state index contributed by atoms with van der Waals surface area (Å²) >= 11 is 0. The Bertz CT molecular complexity index is 1170. The van der Waals surface area contributed by atoms with Gasteiger partial charge in [-0.2, -0.15) is 0 Å². The van der Waals surface area contributed by atoms with Gasteiger partial charge in [0.1, 0.15) is 11.5 Å². The molecule has 0 aliphatic carbocycles. The molecule has 0 fully saturated rings. The Morgan fingerprint density at radius 3 is 2.57 bits per heavy atom. The number of H-pyrrole nitrogens is 1. The number of nitrogens with zero attached hydrogens (tertiary/aromatic N) is 4. The molecule has 0 saturated heterocycles. The number of aliphatic imine (C=N–C) groups is 2. The lowest BCUT2D eigenvalue weighted by Crippen LogP contribution is -2.34. The first-order chi connectivity index (χ1) is 17.1. The van der Waals surface area contributed by atoms with E-state index in [9.17, 15) is 0 Å². The molecule has 0 bridgehead atoms. The highest BCUT2D eigenvalue weighted by Gasteiger charge is 2.23. The molecule has 4 rings (SSSR count). The zero-order chi connectivity index (χ0) is 25.0. The molecule has 0 unspecified atom stereocenters. The average molecular weight is 471 g/mol. The molecule has 1 aromatic carbocycles. The van der Waals surface area contributed by atoms with Gasteiger partial charge in [-0.25, -0.2) is 4.99 Å². The molecule has 6 heteroatoms. The Balaban J connectivity index is 0.000000420. The van der Waals surface area contributed by atoms with E-state index in [1.165, 1.54) is 31.2 Å². The van der Waals surface area contributed by atoms with E-state index in [-0.39, 0.29) is 0 Å². The first kappa shape index (κ1) is 25.9. The Kier molecular flexibility index (Phi) is 9.84. The number of aromatic nitrogens is 2. The van der Waals surface area contributed by atoms with Crippen molar-refractivity contribution in [3.63, 3.8) is 0 Å². The van der Waals surface area contributed by atoms with E-state index in [0.29, 0.717) is 11.8 Å². The van der Waals surface area contributed by atoms with Crippen LogP contribution in [0.4, 0.5) is 0 Å². The van der Waals surface area contributed by atoms with Gasteiger partial charge in [0, 0.05) is 48.5 Å². The Morgan fingerprint density at radius 2 is 1.94 bits per heavy atom. The molecule has 35 heavy (non-hydrogen) atoms. The summed E-state index contributed by atoms with van der Waals surface area (Å²) in [7, 11) is 0. The lowest BCUT2D eigenvalue weighted by molar-refractivity contribution is 0.331. The highest BCUT2D eigenvalue weighted by Crippen LogP contribution is 2.29. The van der Waals surface area contributed by atoms with Crippen LogP contribution in [0.2, 0.25) is 0 Å². The number of nitrogens with one attached hydrogen (secondary N) is 1. The number of rotatable bonds is 9. The van der Waals surface area contributed by atoms with Crippen molar-refractivity contribution in [3.05, 3.63) is 84.2 Å². The largest absolute Gasteiger partial charge is 0.382 e. The highest BCUT2D eigenvalue weighted by molar-refractivity contribution is 6.05. The third-order valence-corrected chi connectivity index (χ3v) is 6.17. The van der Waals surface area contributed by atoms with E-state index in [1.807, 2.05) is 42.9 Å². The van der Waals surface area contributed by atoms with Gasteiger partial charge in [-0.15, -0.1) is 0 Å². The van der Waals surface area contributed by atoms with Crippen molar-refractivity contribution in [2.75, 3.05) is 6.54 Å². The molecule has 3 aromatic rings. The summed E-state index contributed by atoms with van der Waals surface area (Å²) in [6, 6.07) is 12.2. The van der Waals surface area contributed by atoms with Crippen LogP contribution in [0, 0.1) is 5.92 Å². The number of benzene rings is 1. The predicted molar refractivity (Wildman–Crippen MR) is 149 cm³/mol. The number of hydrogen-bond acceptors (Lipinski definition) is 5. The fourth-order valence-electron chi connectivity index (χ4n) is 4.40. The number of hydrogen-bond donors (Lipinski definition) is 2. The highest BCUT2D eigenvalue weighted by atomic mass is 15.2. The lowest BCUT2D eigenvalue weighted by atomic mass is 9.97. The van der Waals surface area contributed by atoms with Crippen LogP contribution in [-0.4, -0.2) is 34.0 Å². The van der Waals surface area contributed by atoms with Crippen LogP contribution in [0.15, 0.2) is 83.1 Å². The second kappa shape index (κ2) is 13.3. The van der Waals surface area contributed by atoms with Crippen molar-refractivity contribution in [1.82, 2.24) is 14.9 Å². The van der Waals surface area contributed by atoms with Crippen LogP contribution in [0.5, 0.6) is 0 Å². The van der Waals surface area contributed by atoms with Crippen LogP contribution < -0.4 is 5.73 Å². The first-order valence-corrected chi connectivity index (χ1v) is 12.6. The van der Waals surface area contributed by atoms with Gasteiger partial charge < -0.3 is 15.6 Å². The summed E-state index contributed by atoms with van der Waals surface area (Å²) in [5.41, 5.74) is 11.1. The molecule has 184 valence electrons. The van der Waals surface area contributed by atoms with Crippen LogP contribution in [0.3, 0.4) is 0 Å². The number of aryl methyl sites for hydroxylation is 1. The molecule has 0 atom stereocenters.